The topological polar surface area (TPSA) is 44.5 Å². The molecule has 0 fully saturated rings. The molecule has 0 aromatic heterocycles. The van der Waals surface area contributed by atoms with Crippen LogP contribution in [-0.2, 0) is 0 Å². The Morgan fingerprint density at radius 2 is 1.81 bits per heavy atom. The van der Waals surface area contributed by atoms with E-state index in [0.717, 1.165) is 0 Å². The summed E-state index contributed by atoms with van der Waals surface area (Å²) in [7, 11) is 3.08. The van der Waals surface area contributed by atoms with Crippen LogP contribution in [-0.4, -0.2) is 14.2 Å². The molecule has 21 heavy (non-hydrogen) atoms. The average molecular weight is 375 g/mol. The summed E-state index contributed by atoms with van der Waals surface area (Å²) >= 11 is 9.08. The first-order chi connectivity index (χ1) is 9.99. The molecular formula is C15H14BrClFNO2. The van der Waals surface area contributed by atoms with Crippen molar-refractivity contribution in [1.29, 1.82) is 0 Å². The average Bonchev–Trinajstić information content (AvgIpc) is 2.51. The largest absolute Gasteiger partial charge is 0.493 e. The summed E-state index contributed by atoms with van der Waals surface area (Å²) in [5.74, 6) is 0.588. The fourth-order valence-electron chi connectivity index (χ4n) is 2.01. The van der Waals surface area contributed by atoms with Crippen LogP contribution in [0.15, 0.2) is 34.8 Å². The Morgan fingerprint density at radius 3 is 2.43 bits per heavy atom. The molecule has 0 amide bonds. The summed E-state index contributed by atoms with van der Waals surface area (Å²) in [6, 6.07) is 7.83. The molecule has 1 atom stereocenters. The molecular weight excluding hydrogens is 361 g/mol. The van der Waals surface area contributed by atoms with Crippen molar-refractivity contribution in [3.63, 3.8) is 0 Å². The Bertz CT molecular complexity index is 666. The zero-order chi connectivity index (χ0) is 15.6. The van der Waals surface area contributed by atoms with Crippen molar-refractivity contribution in [3.8, 4) is 11.5 Å². The van der Waals surface area contributed by atoms with Crippen molar-refractivity contribution in [2.45, 2.75) is 6.04 Å². The molecule has 3 nitrogen and oxygen atoms in total. The maximum Gasteiger partial charge on any atom is 0.161 e. The molecule has 0 aliphatic rings. The molecule has 112 valence electrons. The Balaban J connectivity index is 2.45. The van der Waals surface area contributed by atoms with Crippen molar-refractivity contribution in [2.24, 2.45) is 5.73 Å². The second kappa shape index (κ2) is 6.64. The molecule has 1 unspecified atom stereocenters. The zero-order valence-corrected chi connectivity index (χ0v) is 13.8. The van der Waals surface area contributed by atoms with Crippen LogP contribution >= 0.6 is 27.5 Å². The van der Waals surface area contributed by atoms with E-state index in [0.29, 0.717) is 27.1 Å². The first-order valence-electron chi connectivity index (χ1n) is 6.10. The van der Waals surface area contributed by atoms with Gasteiger partial charge in [0.05, 0.1) is 25.3 Å². The van der Waals surface area contributed by atoms with Gasteiger partial charge in [-0.15, -0.1) is 0 Å². The van der Waals surface area contributed by atoms with E-state index in [1.165, 1.54) is 7.11 Å². The highest BCUT2D eigenvalue weighted by Gasteiger charge is 2.19. The number of nitrogens with two attached hydrogens (primary N) is 1. The molecule has 0 bridgehead atoms. The lowest BCUT2D eigenvalue weighted by Gasteiger charge is -2.17. The molecule has 0 saturated heterocycles. The van der Waals surface area contributed by atoms with E-state index in [-0.39, 0.29) is 5.02 Å². The second-order valence-electron chi connectivity index (χ2n) is 4.36. The van der Waals surface area contributed by atoms with Gasteiger partial charge < -0.3 is 15.2 Å². The van der Waals surface area contributed by atoms with Gasteiger partial charge in [0.15, 0.2) is 11.5 Å². The molecule has 0 aliphatic carbocycles. The number of benzene rings is 2. The Labute approximate surface area is 135 Å². The van der Waals surface area contributed by atoms with Crippen molar-refractivity contribution < 1.29 is 13.9 Å². The summed E-state index contributed by atoms with van der Waals surface area (Å²) in [6.45, 7) is 0. The van der Waals surface area contributed by atoms with Gasteiger partial charge in [0.1, 0.15) is 5.82 Å². The minimum atomic E-state index is -0.657. The van der Waals surface area contributed by atoms with Gasteiger partial charge in [-0.2, -0.15) is 0 Å². The zero-order valence-electron chi connectivity index (χ0n) is 11.5. The molecule has 6 heteroatoms. The van der Waals surface area contributed by atoms with Crippen molar-refractivity contribution >= 4 is 27.5 Å². The third-order valence-electron chi connectivity index (χ3n) is 3.17. The number of ether oxygens (including phenoxy) is 2. The van der Waals surface area contributed by atoms with Gasteiger partial charge in [0.25, 0.3) is 0 Å². The smallest absolute Gasteiger partial charge is 0.161 e. The van der Waals surface area contributed by atoms with Crippen molar-refractivity contribution in [1.82, 2.24) is 0 Å². The predicted molar refractivity (Wildman–Crippen MR) is 84.7 cm³/mol. The fraction of sp³-hybridized carbons (Fsp3) is 0.200. The van der Waals surface area contributed by atoms with Crippen molar-refractivity contribution in [3.05, 3.63) is 56.8 Å². The number of hydrogen-bond donors (Lipinski definition) is 1. The molecule has 0 radical (unpaired) electrons. The highest BCUT2D eigenvalue weighted by atomic mass is 79.9. The third kappa shape index (κ3) is 3.15. The molecule has 2 rings (SSSR count). The summed E-state index contributed by atoms with van der Waals surface area (Å²) in [5, 5.41) is 0.0171. The summed E-state index contributed by atoms with van der Waals surface area (Å²) < 4.78 is 25.1. The SMILES string of the molecule is COc1ccc(C(N)c2ccc(Br)c(Cl)c2F)cc1OC. The maximum absolute atomic E-state index is 14.2. The normalized spacial score (nSPS) is 12.1. The minimum absolute atomic E-state index is 0.0171. The van der Waals surface area contributed by atoms with Crippen LogP contribution in [0.3, 0.4) is 0 Å². The monoisotopic (exact) mass is 373 g/mol. The van der Waals surface area contributed by atoms with Gasteiger partial charge in [-0.25, -0.2) is 4.39 Å². The Hall–Kier alpha value is -1.30. The molecule has 2 aromatic rings. The van der Waals surface area contributed by atoms with E-state index < -0.39 is 11.9 Å². The van der Waals surface area contributed by atoms with Crippen LogP contribution in [0.4, 0.5) is 4.39 Å². The van der Waals surface area contributed by atoms with E-state index in [4.69, 9.17) is 26.8 Å². The van der Waals surface area contributed by atoms with Gasteiger partial charge in [-0.3, -0.25) is 0 Å². The molecule has 2 aromatic carbocycles. The van der Waals surface area contributed by atoms with Crippen LogP contribution in [0.1, 0.15) is 17.2 Å². The van der Waals surface area contributed by atoms with Gasteiger partial charge in [0.2, 0.25) is 0 Å². The first kappa shape index (κ1) is 16.1. The second-order valence-corrected chi connectivity index (χ2v) is 5.59. The van der Waals surface area contributed by atoms with Gasteiger partial charge in [-0.1, -0.05) is 23.7 Å². The highest BCUT2D eigenvalue weighted by molar-refractivity contribution is 9.10. The number of hydrogen-bond acceptors (Lipinski definition) is 3. The lowest BCUT2D eigenvalue weighted by Crippen LogP contribution is -2.14. The lowest BCUT2D eigenvalue weighted by atomic mass is 9.98. The summed E-state index contributed by atoms with van der Waals surface area (Å²) in [4.78, 5) is 0. The summed E-state index contributed by atoms with van der Waals surface area (Å²) in [6.07, 6.45) is 0. The fourth-order valence-corrected chi connectivity index (χ4v) is 2.49. The van der Waals surface area contributed by atoms with Gasteiger partial charge in [-0.05, 0) is 39.7 Å². The summed E-state index contributed by atoms with van der Waals surface area (Å²) in [5.41, 5.74) is 7.16. The standard InChI is InChI=1S/C15H14BrClFNO2/c1-20-11-6-3-8(7-12(11)21-2)15(19)9-4-5-10(16)13(17)14(9)18/h3-7,15H,19H2,1-2H3. The van der Waals surface area contributed by atoms with Crippen LogP contribution in [0.2, 0.25) is 5.02 Å². The quantitative estimate of drug-likeness (QED) is 0.811. The molecule has 0 aliphatic heterocycles. The van der Waals surface area contributed by atoms with E-state index in [1.54, 1.807) is 37.4 Å². The molecule has 2 N–H and O–H groups in total. The van der Waals surface area contributed by atoms with E-state index in [9.17, 15) is 4.39 Å². The first-order valence-corrected chi connectivity index (χ1v) is 7.27. The Kier molecular flexibility index (Phi) is 5.08. The van der Waals surface area contributed by atoms with Crippen LogP contribution in [0.5, 0.6) is 11.5 Å². The van der Waals surface area contributed by atoms with Gasteiger partial charge in [0, 0.05) is 10.0 Å². The van der Waals surface area contributed by atoms with E-state index in [2.05, 4.69) is 15.9 Å². The number of halogens is 3. The van der Waals surface area contributed by atoms with Crippen LogP contribution in [0.25, 0.3) is 0 Å². The van der Waals surface area contributed by atoms with Crippen molar-refractivity contribution in [2.75, 3.05) is 14.2 Å². The Morgan fingerprint density at radius 1 is 1.14 bits per heavy atom. The third-order valence-corrected chi connectivity index (χ3v) is 4.43. The number of rotatable bonds is 4. The lowest BCUT2D eigenvalue weighted by molar-refractivity contribution is 0.354. The predicted octanol–water partition coefficient (Wildman–Crippen LogP) is 4.31. The molecule has 0 heterocycles. The van der Waals surface area contributed by atoms with Crippen LogP contribution in [0, 0.1) is 5.82 Å². The maximum atomic E-state index is 14.2. The van der Waals surface area contributed by atoms with Crippen LogP contribution < -0.4 is 15.2 Å². The van der Waals surface area contributed by atoms with E-state index in [1.807, 2.05) is 0 Å². The number of methoxy groups -OCH3 is 2. The van der Waals surface area contributed by atoms with E-state index >= 15 is 0 Å². The molecule has 0 spiro atoms. The highest BCUT2D eigenvalue weighted by Crippen LogP contribution is 2.35. The minimum Gasteiger partial charge on any atom is -0.493 e. The molecule has 0 saturated carbocycles. The van der Waals surface area contributed by atoms with Gasteiger partial charge >= 0.3 is 0 Å².